The van der Waals surface area contributed by atoms with E-state index in [0.29, 0.717) is 6.54 Å². The third-order valence-corrected chi connectivity index (χ3v) is 6.20. The zero-order valence-corrected chi connectivity index (χ0v) is 16.0. The van der Waals surface area contributed by atoms with Crippen molar-refractivity contribution < 1.29 is 13.2 Å². The number of sulfonamides is 1. The van der Waals surface area contributed by atoms with E-state index in [1.54, 1.807) is 0 Å². The molecule has 24 heavy (non-hydrogen) atoms. The number of nitrogens with one attached hydrogen (secondary N) is 1. The Hall–Kier alpha value is -1.40. The zero-order valence-electron chi connectivity index (χ0n) is 15.2. The minimum Gasteiger partial charge on any atom is -0.349 e. The summed E-state index contributed by atoms with van der Waals surface area (Å²) in [6.07, 6.45) is 2.66. The summed E-state index contributed by atoms with van der Waals surface area (Å²) in [4.78, 5) is 12.6. The summed E-state index contributed by atoms with van der Waals surface area (Å²) in [6, 6.07) is 4.17. The predicted molar refractivity (Wildman–Crippen MR) is 96.4 cm³/mol. The first kappa shape index (κ1) is 18.9. The van der Waals surface area contributed by atoms with E-state index in [1.165, 1.54) is 21.7 Å². The average molecular weight is 353 g/mol. The molecule has 0 unspecified atom stereocenters. The first-order valence-corrected chi connectivity index (χ1v) is 10.3. The summed E-state index contributed by atoms with van der Waals surface area (Å²) in [5, 5.41) is 3.06. The molecule has 0 bridgehead atoms. The van der Waals surface area contributed by atoms with Gasteiger partial charge >= 0.3 is 0 Å². The molecule has 5 nitrogen and oxygen atoms in total. The fraction of sp³-hybridized carbons (Fsp3) is 0.611. The number of piperidine rings is 1. The van der Waals surface area contributed by atoms with Crippen molar-refractivity contribution >= 4 is 15.9 Å². The highest BCUT2D eigenvalue weighted by Gasteiger charge is 2.30. The van der Waals surface area contributed by atoms with Crippen molar-refractivity contribution in [2.45, 2.75) is 46.6 Å². The maximum Gasteiger partial charge on any atom is 0.224 e. The fourth-order valence-corrected chi connectivity index (χ4v) is 4.23. The number of rotatable bonds is 4. The molecule has 1 heterocycles. The van der Waals surface area contributed by atoms with Gasteiger partial charge in [-0.1, -0.05) is 12.1 Å². The lowest BCUT2D eigenvalue weighted by Crippen LogP contribution is -2.45. The summed E-state index contributed by atoms with van der Waals surface area (Å²) in [7, 11) is -3.24. The minimum absolute atomic E-state index is 0.0616. The number of carbonyl (C=O) groups is 1. The van der Waals surface area contributed by atoms with E-state index in [-0.39, 0.29) is 24.4 Å². The Balaban J connectivity index is 2.08. The highest BCUT2D eigenvalue weighted by molar-refractivity contribution is 7.88. The molecule has 1 aromatic rings. The van der Waals surface area contributed by atoms with Crippen molar-refractivity contribution in [1.29, 1.82) is 0 Å². The maximum absolute atomic E-state index is 12.6. The Kier molecular flexibility index (Phi) is 5.71. The molecule has 0 radical (unpaired) electrons. The van der Waals surface area contributed by atoms with Crippen LogP contribution in [0.25, 0.3) is 0 Å². The number of nitrogens with zero attached hydrogens (tertiary/aromatic N) is 1. The number of hydrogen-bond acceptors (Lipinski definition) is 3. The van der Waals surface area contributed by atoms with E-state index in [1.807, 2.05) is 6.92 Å². The van der Waals surface area contributed by atoms with Crippen LogP contribution in [0.1, 0.15) is 48.1 Å². The quantitative estimate of drug-likeness (QED) is 0.905. The van der Waals surface area contributed by atoms with E-state index in [9.17, 15) is 13.2 Å². The van der Waals surface area contributed by atoms with Crippen molar-refractivity contribution in [2.24, 2.45) is 5.92 Å². The van der Waals surface area contributed by atoms with E-state index >= 15 is 0 Å². The molecule has 1 fully saturated rings. The standard InChI is InChI=1S/C18H28N2O3S/c1-12-9-14(3)17(10-13(12)2)15(4)19-18(21)16-7-6-8-20(11-16)24(5,22)23/h9-10,15-16H,6-8,11H2,1-5H3,(H,19,21)/t15-,16+/m1/s1. The lowest BCUT2D eigenvalue weighted by atomic mass is 9.95. The molecule has 1 aliphatic rings. The predicted octanol–water partition coefficient (Wildman–Crippen LogP) is 2.46. The molecule has 1 saturated heterocycles. The molecule has 2 rings (SSSR count). The summed E-state index contributed by atoms with van der Waals surface area (Å²) in [6.45, 7) is 8.97. The monoisotopic (exact) mass is 352 g/mol. The molecule has 2 atom stereocenters. The number of amides is 1. The number of aryl methyl sites for hydroxylation is 3. The molecule has 1 amide bonds. The van der Waals surface area contributed by atoms with Gasteiger partial charge in [0, 0.05) is 13.1 Å². The van der Waals surface area contributed by atoms with Crippen LogP contribution in [0.5, 0.6) is 0 Å². The molecule has 0 saturated carbocycles. The molecule has 6 heteroatoms. The third-order valence-electron chi connectivity index (χ3n) is 4.93. The van der Waals surface area contributed by atoms with Gasteiger partial charge in [-0.25, -0.2) is 12.7 Å². The van der Waals surface area contributed by atoms with Crippen LogP contribution in [0.3, 0.4) is 0 Å². The Morgan fingerprint density at radius 3 is 2.46 bits per heavy atom. The molecular weight excluding hydrogens is 324 g/mol. The summed E-state index contributed by atoms with van der Waals surface area (Å²) in [5.41, 5.74) is 4.72. The molecule has 1 aromatic carbocycles. The van der Waals surface area contributed by atoms with Crippen molar-refractivity contribution in [3.8, 4) is 0 Å². The van der Waals surface area contributed by atoms with Gasteiger partial charge in [0.05, 0.1) is 18.2 Å². The first-order chi connectivity index (χ1) is 11.1. The first-order valence-electron chi connectivity index (χ1n) is 8.43. The highest BCUT2D eigenvalue weighted by atomic mass is 32.2. The van der Waals surface area contributed by atoms with E-state index in [0.717, 1.165) is 24.0 Å². The normalized spacial score (nSPS) is 20.6. The largest absolute Gasteiger partial charge is 0.349 e. The van der Waals surface area contributed by atoms with Gasteiger partial charge in [0.25, 0.3) is 0 Å². The number of benzene rings is 1. The topological polar surface area (TPSA) is 66.5 Å². The fourth-order valence-electron chi connectivity index (χ4n) is 3.32. The molecular formula is C18H28N2O3S. The lowest BCUT2D eigenvalue weighted by molar-refractivity contribution is -0.126. The summed E-state index contributed by atoms with van der Waals surface area (Å²) >= 11 is 0. The second-order valence-electron chi connectivity index (χ2n) is 6.98. The zero-order chi connectivity index (χ0) is 18.1. The van der Waals surface area contributed by atoms with Crippen LogP contribution in [0, 0.1) is 26.7 Å². The van der Waals surface area contributed by atoms with Crippen LogP contribution in [-0.4, -0.2) is 38.0 Å². The van der Waals surface area contributed by atoms with Crippen LogP contribution in [0.15, 0.2) is 12.1 Å². The van der Waals surface area contributed by atoms with Gasteiger partial charge in [0.1, 0.15) is 0 Å². The lowest BCUT2D eigenvalue weighted by Gasteiger charge is -2.31. The van der Waals surface area contributed by atoms with Gasteiger partial charge in [-0.05, 0) is 62.8 Å². The van der Waals surface area contributed by atoms with Crippen LogP contribution >= 0.6 is 0 Å². The van der Waals surface area contributed by atoms with Crippen LogP contribution in [0.4, 0.5) is 0 Å². The highest BCUT2D eigenvalue weighted by Crippen LogP contribution is 2.24. The molecule has 0 spiro atoms. The van der Waals surface area contributed by atoms with Crippen molar-refractivity contribution in [2.75, 3.05) is 19.3 Å². The van der Waals surface area contributed by atoms with Crippen LogP contribution in [0.2, 0.25) is 0 Å². The molecule has 0 aliphatic carbocycles. The smallest absolute Gasteiger partial charge is 0.224 e. The van der Waals surface area contributed by atoms with Crippen molar-refractivity contribution in [3.05, 3.63) is 34.4 Å². The Bertz CT molecular complexity index is 728. The van der Waals surface area contributed by atoms with E-state index in [4.69, 9.17) is 0 Å². The molecule has 1 N–H and O–H groups in total. The summed E-state index contributed by atoms with van der Waals surface area (Å²) in [5.74, 6) is -0.337. The number of hydrogen-bond donors (Lipinski definition) is 1. The number of carbonyl (C=O) groups excluding carboxylic acids is 1. The molecule has 1 aliphatic heterocycles. The Morgan fingerprint density at radius 2 is 1.83 bits per heavy atom. The average Bonchev–Trinajstić information content (AvgIpc) is 2.50. The van der Waals surface area contributed by atoms with E-state index in [2.05, 4.69) is 38.2 Å². The Morgan fingerprint density at radius 1 is 1.21 bits per heavy atom. The molecule has 134 valence electrons. The third kappa shape index (κ3) is 4.36. The van der Waals surface area contributed by atoms with Gasteiger partial charge in [0.2, 0.25) is 15.9 Å². The minimum atomic E-state index is -3.24. The molecule has 0 aromatic heterocycles. The van der Waals surface area contributed by atoms with Crippen molar-refractivity contribution in [1.82, 2.24) is 9.62 Å². The van der Waals surface area contributed by atoms with Crippen molar-refractivity contribution in [3.63, 3.8) is 0 Å². The van der Waals surface area contributed by atoms with E-state index < -0.39 is 10.0 Å². The second-order valence-corrected chi connectivity index (χ2v) is 8.97. The maximum atomic E-state index is 12.6. The summed E-state index contributed by atoms with van der Waals surface area (Å²) < 4.78 is 24.8. The van der Waals surface area contributed by atoms with Gasteiger partial charge in [-0.15, -0.1) is 0 Å². The SMILES string of the molecule is Cc1cc(C)c([C@@H](C)NC(=O)[C@H]2CCCN(S(C)(=O)=O)C2)cc1C. The Labute approximate surface area is 145 Å². The van der Waals surface area contributed by atoms with Crippen LogP contribution < -0.4 is 5.32 Å². The van der Waals surface area contributed by atoms with Gasteiger partial charge in [0.15, 0.2) is 0 Å². The van der Waals surface area contributed by atoms with Gasteiger partial charge < -0.3 is 5.32 Å². The second kappa shape index (κ2) is 7.23. The van der Waals surface area contributed by atoms with Crippen LogP contribution in [-0.2, 0) is 14.8 Å². The van der Waals surface area contributed by atoms with Gasteiger partial charge in [-0.2, -0.15) is 0 Å². The van der Waals surface area contributed by atoms with Gasteiger partial charge in [-0.3, -0.25) is 4.79 Å².